The van der Waals surface area contributed by atoms with Crippen molar-refractivity contribution in [3.8, 4) is 0 Å². The SMILES string of the molecule is CCC1(C)NC(=O)CN(CCCCSC)C1=O. The van der Waals surface area contributed by atoms with Gasteiger partial charge in [-0.2, -0.15) is 11.8 Å². The van der Waals surface area contributed by atoms with Crippen molar-refractivity contribution in [2.75, 3.05) is 25.1 Å². The van der Waals surface area contributed by atoms with Gasteiger partial charge in [0.15, 0.2) is 0 Å². The van der Waals surface area contributed by atoms with Crippen LogP contribution in [-0.2, 0) is 9.59 Å². The molecule has 1 saturated heterocycles. The van der Waals surface area contributed by atoms with E-state index in [1.54, 1.807) is 11.8 Å². The molecule has 5 heteroatoms. The summed E-state index contributed by atoms with van der Waals surface area (Å²) < 4.78 is 0. The van der Waals surface area contributed by atoms with E-state index in [0.717, 1.165) is 18.6 Å². The lowest BCUT2D eigenvalue weighted by Gasteiger charge is -2.39. The summed E-state index contributed by atoms with van der Waals surface area (Å²) in [6.07, 6.45) is 4.78. The molecule has 1 unspecified atom stereocenters. The smallest absolute Gasteiger partial charge is 0.248 e. The molecule has 1 N–H and O–H groups in total. The Morgan fingerprint density at radius 2 is 2.12 bits per heavy atom. The quantitative estimate of drug-likeness (QED) is 0.730. The first-order valence-electron chi connectivity index (χ1n) is 6.13. The third kappa shape index (κ3) is 3.63. The van der Waals surface area contributed by atoms with Crippen LogP contribution in [0.25, 0.3) is 0 Å². The van der Waals surface area contributed by atoms with Crippen molar-refractivity contribution in [1.82, 2.24) is 10.2 Å². The molecule has 0 aromatic carbocycles. The first kappa shape index (κ1) is 14.4. The zero-order chi connectivity index (χ0) is 12.9. The van der Waals surface area contributed by atoms with Crippen LogP contribution in [-0.4, -0.2) is 47.4 Å². The average Bonchev–Trinajstić information content (AvgIpc) is 2.30. The van der Waals surface area contributed by atoms with Gasteiger partial charge in [-0.1, -0.05) is 6.92 Å². The lowest BCUT2D eigenvalue weighted by atomic mass is 9.94. The third-order valence-corrected chi connectivity index (χ3v) is 3.94. The fourth-order valence-electron chi connectivity index (χ4n) is 1.96. The number of carbonyl (C=O) groups excluding carboxylic acids is 2. The molecule has 0 aliphatic carbocycles. The van der Waals surface area contributed by atoms with E-state index in [0.29, 0.717) is 13.0 Å². The van der Waals surface area contributed by atoms with Crippen molar-refractivity contribution in [3.05, 3.63) is 0 Å². The first-order valence-corrected chi connectivity index (χ1v) is 7.52. The number of nitrogens with one attached hydrogen (secondary N) is 1. The molecule has 17 heavy (non-hydrogen) atoms. The fraction of sp³-hybridized carbons (Fsp3) is 0.833. The van der Waals surface area contributed by atoms with Crippen molar-refractivity contribution in [3.63, 3.8) is 0 Å². The molecule has 1 aliphatic rings. The number of hydrogen-bond donors (Lipinski definition) is 1. The second kappa shape index (κ2) is 6.28. The molecule has 0 radical (unpaired) electrons. The standard InChI is InChI=1S/C12H22N2O2S/c1-4-12(2)11(16)14(9-10(15)13-12)7-5-6-8-17-3/h4-9H2,1-3H3,(H,13,15). The highest BCUT2D eigenvalue weighted by atomic mass is 32.2. The predicted octanol–water partition coefficient (Wildman–Crippen LogP) is 1.26. The molecule has 2 amide bonds. The molecule has 98 valence electrons. The number of nitrogens with zero attached hydrogens (tertiary/aromatic N) is 1. The molecule has 1 atom stereocenters. The van der Waals surface area contributed by atoms with Crippen LogP contribution in [0.4, 0.5) is 0 Å². The maximum atomic E-state index is 12.2. The highest BCUT2D eigenvalue weighted by molar-refractivity contribution is 7.98. The molecule has 0 saturated carbocycles. The minimum Gasteiger partial charge on any atom is -0.340 e. The second-order valence-electron chi connectivity index (χ2n) is 4.66. The van der Waals surface area contributed by atoms with Crippen LogP contribution >= 0.6 is 11.8 Å². The minimum absolute atomic E-state index is 0.0428. The van der Waals surface area contributed by atoms with Crippen LogP contribution in [0.5, 0.6) is 0 Å². The van der Waals surface area contributed by atoms with E-state index in [2.05, 4.69) is 11.6 Å². The van der Waals surface area contributed by atoms with Crippen molar-refractivity contribution >= 4 is 23.6 Å². The Morgan fingerprint density at radius 1 is 1.41 bits per heavy atom. The fourth-order valence-corrected chi connectivity index (χ4v) is 2.46. The maximum absolute atomic E-state index is 12.2. The Balaban J connectivity index is 2.53. The highest BCUT2D eigenvalue weighted by Crippen LogP contribution is 2.18. The first-order chi connectivity index (χ1) is 8.03. The van der Waals surface area contributed by atoms with Crippen LogP contribution in [0.3, 0.4) is 0 Å². The lowest BCUT2D eigenvalue weighted by Crippen LogP contribution is -2.65. The van der Waals surface area contributed by atoms with Gasteiger partial charge in [0.1, 0.15) is 5.54 Å². The van der Waals surface area contributed by atoms with Crippen LogP contribution in [0.15, 0.2) is 0 Å². The van der Waals surface area contributed by atoms with E-state index in [1.165, 1.54) is 0 Å². The number of piperazine rings is 1. The Bertz CT molecular complexity index is 296. The van der Waals surface area contributed by atoms with E-state index in [9.17, 15) is 9.59 Å². The monoisotopic (exact) mass is 258 g/mol. The largest absolute Gasteiger partial charge is 0.340 e. The molecular weight excluding hydrogens is 236 g/mol. The van der Waals surface area contributed by atoms with Gasteiger partial charge in [-0.3, -0.25) is 9.59 Å². The number of hydrogen-bond acceptors (Lipinski definition) is 3. The molecule has 0 aromatic rings. The van der Waals surface area contributed by atoms with Gasteiger partial charge >= 0.3 is 0 Å². The number of carbonyl (C=O) groups is 2. The van der Waals surface area contributed by atoms with Crippen LogP contribution in [0.1, 0.15) is 33.1 Å². The van der Waals surface area contributed by atoms with Crippen molar-refractivity contribution < 1.29 is 9.59 Å². The topological polar surface area (TPSA) is 49.4 Å². The summed E-state index contributed by atoms with van der Waals surface area (Å²) in [4.78, 5) is 25.5. The summed E-state index contributed by atoms with van der Waals surface area (Å²) in [6.45, 7) is 4.65. The van der Waals surface area contributed by atoms with E-state index >= 15 is 0 Å². The number of amides is 2. The van der Waals surface area contributed by atoms with Gasteiger partial charge in [0, 0.05) is 6.54 Å². The Labute approximate surface area is 108 Å². The molecule has 0 spiro atoms. The highest BCUT2D eigenvalue weighted by Gasteiger charge is 2.40. The van der Waals surface area contributed by atoms with Crippen molar-refractivity contribution in [2.24, 2.45) is 0 Å². The lowest BCUT2D eigenvalue weighted by molar-refractivity contribution is -0.149. The molecule has 1 rings (SSSR count). The van der Waals surface area contributed by atoms with E-state index in [4.69, 9.17) is 0 Å². The molecule has 1 fully saturated rings. The number of unbranched alkanes of at least 4 members (excludes halogenated alkanes) is 1. The predicted molar refractivity (Wildman–Crippen MR) is 71.0 cm³/mol. The number of rotatable bonds is 6. The Hall–Kier alpha value is -0.710. The van der Waals surface area contributed by atoms with Crippen LogP contribution < -0.4 is 5.32 Å². The Morgan fingerprint density at radius 3 is 2.71 bits per heavy atom. The molecule has 0 aromatic heterocycles. The van der Waals surface area contributed by atoms with E-state index in [-0.39, 0.29) is 18.4 Å². The summed E-state index contributed by atoms with van der Waals surface area (Å²) in [7, 11) is 0. The molecular formula is C12H22N2O2S. The van der Waals surface area contributed by atoms with Gasteiger partial charge in [0.05, 0.1) is 6.54 Å². The van der Waals surface area contributed by atoms with Crippen LogP contribution in [0.2, 0.25) is 0 Å². The van der Waals surface area contributed by atoms with Gasteiger partial charge in [-0.05, 0) is 38.2 Å². The maximum Gasteiger partial charge on any atom is 0.248 e. The summed E-state index contributed by atoms with van der Waals surface area (Å²) >= 11 is 1.81. The van der Waals surface area contributed by atoms with Crippen LogP contribution in [0, 0.1) is 0 Å². The Kier molecular flexibility index (Phi) is 5.31. The summed E-state index contributed by atoms with van der Waals surface area (Å²) in [6, 6.07) is 0. The molecule has 4 nitrogen and oxygen atoms in total. The molecule has 0 bridgehead atoms. The molecule has 1 heterocycles. The van der Waals surface area contributed by atoms with E-state index in [1.807, 2.05) is 18.7 Å². The second-order valence-corrected chi connectivity index (χ2v) is 5.65. The summed E-state index contributed by atoms with van der Waals surface area (Å²) in [5.41, 5.74) is -0.700. The third-order valence-electron chi connectivity index (χ3n) is 3.24. The number of thioether (sulfide) groups is 1. The minimum atomic E-state index is -0.700. The molecule has 1 aliphatic heterocycles. The average molecular weight is 258 g/mol. The van der Waals surface area contributed by atoms with Gasteiger partial charge < -0.3 is 10.2 Å². The normalized spacial score (nSPS) is 25.0. The summed E-state index contributed by atoms with van der Waals surface area (Å²) in [5, 5.41) is 2.79. The zero-order valence-corrected chi connectivity index (χ0v) is 11.7. The van der Waals surface area contributed by atoms with Gasteiger partial charge in [-0.25, -0.2) is 0 Å². The van der Waals surface area contributed by atoms with Gasteiger partial charge in [0.2, 0.25) is 11.8 Å². The summed E-state index contributed by atoms with van der Waals surface area (Å²) in [5.74, 6) is 1.13. The van der Waals surface area contributed by atoms with Gasteiger partial charge in [0.25, 0.3) is 0 Å². The van der Waals surface area contributed by atoms with Crippen molar-refractivity contribution in [2.45, 2.75) is 38.6 Å². The van der Waals surface area contributed by atoms with Crippen molar-refractivity contribution in [1.29, 1.82) is 0 Å². The van der Waals surface area contributed by atoms with E-state index < -0.39 is 5.54 Å². The van der Waals surface area contributed by atoms with Gasteiger partial charge in [-0.15, -0.1) is 0 Å². The zero-order valence-electron chi connectivity index (χ0n) is 10.9.